The first-order valence-corrected chi connectivity index (χ1v) is 3.06. The summed E-state index contributed by atoms with van der Waals surface area (Å²) in [5.74, 6) is 0.321. The molecule has 0 aromatic heterocycles. The highest BCUT2D eigenvalue weighted by molar-refractivity contribution is 5.93. The Balaban J connectivity index is 3.76. The summed E-state index contributed by atoms with van der Waals surface area (Å²) in [4.78, 5) is 0. The zero-order valence-electron chi connectivity index (χ0n) is 6.02. The summed E-state index contributed by atoms with van der Waals surface area (Å²) in [6.45, 7) is 7.50. The van der Waals surface area contributed by atoms with Crippen LogP contribution < -0.4 is 0 Å². The smallest absolute Gasteiger partial charge is 0.0339 e. The zero-order chi connectivity index (χ0) is 7.28. The van der Waals surface area contributed by atoms with E-state index >= 15 is 0 Å². The van der Waals surface area contributed by atoms with Crippen molar-refractivity contribution < 1.29 is 0 Å². The minimum atomic E-state index is 0.321. The summed E-state index contributed by atoms with van der Waals surface area (Å²) in [6, 6.07) is 0. The van der Waals surface area contributed by atoms with E-state index in [4.69, 9.17) is 5.41 Å². The van der Waals surface area contributed by atoms with Gasteiger partial charge in [0.25, 0.3) is 0 Å². The van der Waals surface area contributed by atoms with Gasteiger partial charge in [-0.25, -0.2) is 0 Å². The Morgan fingerprint density at radius 3 is 2.44 bits per heavy atom. The van der Waals surface area contributed by atoms with Crippen LogP contribution in [0.15, 0.2) is 24.8 Å². The van der Waals surface area contributed by atoms with Crippen LogP contribution >= 0.6 is 0 Å². The summed E-state index contributed by atoms with van der Waals surface area (Å²) in [5.41, 5.74) is 0.648. The summed E-state index contributed by atoms with van der Waals surface area (Å²) in [6.07, 6.45) is 5.22. The lowest BCUT2D eigenvalue weighted by Gasteiger charge is -1.98. The van der Waals surface area contributed by atoms with E-state index in [1.54, 1.807) is 18.2 Å². The van der Waals surface area contributed by atoms with Crippen molar-refractivity contribution in [1.82, 2.24) is 0 Å². The molecule has 0 saturated carbocycles. The van der Waals surface area contributed by atoms with Crippen LogP contribution in [0.1, 0.15) is 13.8 Å². The minimum absolute atomic E-state index is 0.321. The number of allylic oxidation sites excluding steroid dienone is 3. The van der Waals surface area contributed by atoms with E-state index in [9.17, 15) is 0 Å². The van der Waals surface area contributed by atoms with Gasteiger partial charge in [-0.3, -0.25) is 0 Å². The van der Waals surface area contributed by atoms with Gasteiger partial charge in [0, 0.05) is 5.71 Å². The largest absolute Gasteiger partial charge is 0.305 e. The molecule has 0 fully saturated rings. The van der Waals surface area contributed by atoms with Gasteiger partial charge >= 0.3 is 0 Å². The van der Waals surface area contributed by atoms with Crippen LogP contribution in [0.5, 0.6) is 0 Å². The Hall–Kier alpha value is -0.850. The lowest BCUT2D eigenvalue weighted by atomic mass is 10.1. The number of nitrogens with one attached hydrogen (secondary N) is 1. The first-order valence-electron chi connectivity index (χ1n) is 3.06. The zero-order valence-corrected chi connectivity index (χ0v) is 6.02. The fraction of sp³-hybridized carbons (Fsp3) is 0.375. The van der Waals surface area contributed by atoms with Gasteiger partial charge in [-0.1, -0.05) is 32.6 Å². The van der Waals surface area contributed by atoms with Crippen molar-refractivity contribution in [2.45, 2.75) is 13.8 Å². The fourth-order valence-corrected chi connectivity index (χ4v) is 0.364. The second kappa shape index (κ2) is 4.07. The normalized spacial score (nSPS) is 10.6. The van der Waals surface area contributed by atoms with Gasteiger partial charge in [0.1, 0.15) is 0 Å². The quantitative estimate of drug-likeness (QED) is 0.440. The average molecular weight is 123 g/mol. The lowest BCUT2D eigenvalue weighted by Crippen LogP contribution is -2.00. The van der Waals surface area contributed by atoms with E-state index in [0.29, 0.717) is 11.6 Å². The number of rotatable bonds is 3. The van der Waals surface area contributed by atoms with E-state index in [0.717, 1.165) is 0 Å². The van der Waals surface area contributed by atoms with E-state index < -0.39 is 0 Å². The first kappa shape index (κ1) is 8.15. The molecule has 0 atom stereocenters. The molecule has 0 aliphatic heterocycles. The van der Waals surface area contributed by atoms with Gasteiger partial charge in [0.2, 0.25) is 0 Å². The van der Waals surface area contributed by atoms with E-state index in [1.165, 1.54) is 0 Å². The molecule has 0 aromatic carbocycles. The summed E-state index contributed by atoms with van der Waals surface area (Å²) in [5, 5.41) is 7.31. The SMILES string of the molecule is C=C/C=C\C(=N)C(C)C. The van der Waals surface area contributed by atoms with Crippen LogP contribution in [0.2, 0.25) is 0 Å². The van der Waals surface area contributed by atoms with Crippen molar-refractivity contribution in [3.05, 3.63) is 24.8 Å². The third-order valence-corrected chi connectivity index (χ3v) is 1.03. The molecule has 1 heteroatoms. The molecule has 0 heterocycles. The molecule has 0 unspecified atom stereocenters. The van der Waals surface area contributed by atoms with Crippen LogP contribution in [-0.2, 0) is 0 Å². The maximum absolute atomic E-state index is 7.31. The fourth-order valence-electron chi connectivity index (χ4n) is 0.364. The standard InChI is InChI=1S/C8H13N/c1-4-5-6-8(9)7(2)3/h4-7,9H,1H2,2-3H3/b6-5-,9-8?. The predicted molar refractivity (Wildman–Crippen MR) is 41.9 cm³/mol. The average Bonchev–Trinajstić information content (AvgIpc) is 1.82. The first-order chi connectivity index (χ1) is 4.18. The molecule has 0 spiro atoms. The number of hydrogen-bond acceptors (Lipinski definition) is 1. The molecule has 0 aliphatic carbocycles. The van der Waals surface area contributed by atoms with Crippen LogP contribution in [0, 0.1) is 11.3 Å². The maximum Gasteiger partial charge on any atom is 0.0339 e. The molecule has 50 valence electrons. The van der Waals surface area contributed by atoms with Crippen molar-refractivity contribution in [1.29, 1.82) is 5.41 Å². The van der Waals surface area contributed by atoms with Crippen molar-refractivity contribution in [3.63, 3.8) is 0 Å². The molecule has 9 heavy (non-hydrogen) atoms. The van der Waals surface area contributed by atoms with Crippen molar-refractivity contribution in [2.24, 2.45) is 5.92 Å². The third-order valence-electron chi connectivity index (χ3n) is 1.03. The molecule has 0 aliphatic rings. The molecular weight excluding hydrogens is 110 g/mol. The number of hydrogen-bond donors (Lipinski definition) is 1. The Kier molecular flexibility index (Phi) is 3.69. The van der Waals surface area contributed by atoms with Crippen LogP contribution in [0.25, 0.3) is 0 Å². The second-order valence-corrected chi connectivity index (χ2v) is 2.20. The van der Waals surface area contributed by atoms with Gasteiger partial charge in [0.05, 0.1) is 0 Å². The summed E-state index contributed by atoms with van der Waals surface area (Å²) < 4.78 is 0. The summed E-state index contributed by atoms with van der Waals surface area (Å²) >= 11 is 0. The molecule has 1 N–H and O–H groups in total. The van der Waals surface area contributed by atoms with Crippen LogP contribution in [0.3, 0.4) is 0 Å². The van der Waals surface area contributed by atoms with Gasteiger partial charge in [0.15, 0.2) is 0 Å². The van der Waals surface area contributed by atoms with Crippen LogP contribution in [-0.4, -0.2) is 5.71 Å². The highest BCUT2D eigenvalue weighted by Gasteiger charge is 1.94. The molecular formula is C8H13N. The summed E-state index contributed by atoms with van der Waals surface area (Å²) in [7, 11) is 0. The van der Waals surface area contributed by atoms with E-state index in [2.05, 4.69) is 6.58 Å². The highest BCUT2D eigenvalue weighted by Crippen LogP contribution is 1.95. The molecule has 0 rings (SSSR count). The maximum atomic E-state index is 7.31. The molecule has 1 nitrogen and oxygen atoms in total. The van der Waals surface area contributed by atoms with Crippen molar-refractivity contribution in [3.8, 4) is 0 Å². The monoisotopic (exact) mass is 123 g/mol. The lowest BCUT2D eigenvalue weighted by molar-refractivity contribution is 0.882. The topological polar surface area (TPSA) is 23.9 Å². The van der Waals surface area contributed by atoms with Crippen molar-refractivity contribution >= 4 is 5.71 Å². The van der Waals surface area contributed by atoms with Gasteiger partial charge in [-0.2, -0.15) is 0 Å². The van der Waals surface area contributed by atoms with Gasteiger partial charge in [-0.05, 0) is 12.0 Å². The molecule has 0 radical (unpaired) electrons. The predicted octanol–water partition coefficient (Wildman–Crippen LogP) is 2.40. The van der Waals surface area contributed by atoms with Crippen molar-refractivity contribution in [2.75, 3.05) is 0 Å². The third kappa shape index (κ3) is 3.71. The Bertz CT molecular complexity index is 132. The van der Waals surface area contributed by atoms with E-state index in [-0.39, 0.29) is 0 Å². The molecule has 0 amide bonds. The van der Waals surface area contributed by atoms with E-state index in [1.807, 2.05) is 13.8 Å². The second-order valence-electron chi connectivity index (χ2n) is 2.20. The van der Waals surface area contributed by atoms with Gasteiger partial charge in [-0.15, -0.1) is 0 Å². The Morgan fingerprint density at radius 1 is 1.56 bits per heavy atom. The Morgan fingerprint density at radius 2 is 2.11 bits per heavy atom. The van der Waals surface area contributed by atoms with Crippen LogP contribution in [0.4, 0.5) is 0 Å². The van der Waals surface area contributed by atoms with Gasteiger partial charge < -0.3 is 5.41 Å². The molecule has 0 aromatic rings. The minimum Gasteiger partial charge on any atom is -0.305 e. The molecule has 0 saturated heterocycles. The molecule has 0 bridgehead atoms. The Labute approximate surface area is 56.6 Å². The highest BCUT2D eigenvalue weighted by atomic mass is 14.4.